The van der Waals surface area contributed by atoms with Crippen molar-refractivity contribution in [2.45, 2.75) is 52.1 Å². The topological polar surface area (TPSA) is 29.5 Å². The standard InChI is InChI=1S/C12H24O2/c1-4-7-14-9-12(13)8-10(2)5-6-11(12)3/h10-11,13H,4-9H2,1-3H3. The molecule has 1 saturated carbocycles. The Morgan fingerprint density at radius 3 is 2.71 bits per heavy atom. The fourth-order valence-electron chi connectivity index (χ4n) is 2.30. The molecule has 84 valence electrons. The van der Waals surface area contributed by atoms with Crippen LogP contribution in [0.5, 0.6) is 0 Å². The summed E-state index contributed by atoms with van der Waals surface area (Å²) in [5.41, 5.74) is -0.563. The highest BCUT2D eigenvalue weighted by molar-refractivity contribution is 4.89. The molecule has 0 aromatic heterocycles. The third-order valence-corrected chi connectivity index (χ3v) is 3.41. The van der Waals surface area contributed by atoms with Gasteiger partial charge in [-0.3, -0.25) is 0 Å². The summed E-state index contributed by atoms with van der Waals surface area (Å²) >= 11 is 0. The van der Waals surface area contributed by atoms with Crippen molar-refractivity contribution in [2.24, 2.45) is 11.8 Å². The van der Waals surface area contributed by atoms with Gasteiger partial charge in [0.15, 0.2) is 0 Å². The summed E-state index contributed by atoms with van der Waals surface area (Å²) in [7, 11) is 0. The Labute approximate surface area is 87.7 Å². The third-order valence-electron chi connectivity index (χ3n) is 3.41. The highest BCUT2D eigenvalue weighted by Crippen LogP contribution is 2.36. The van der Waals surface area contributed by atoms with E-state index in [2.05, 4.69) is 20.8 Å². The number of aliphatic hydroxyl groups is 1. The Morgan fingerprint density at radius 1 is 1.36 bits per heavy atom. The second kappa shape index (κ2) is 5.13. The summed E-state index contributed by atoms with van der Waals surface area (Å²) in [5, 5.41) is 10.4. The van der Waals surface area contributed by atoms with Gasteiger partial charge in [0, 0.05) is 6.61 Å². The first-order valence-corrected chi connectivity index (χ1v) is 5.88. The molecular weight excluding hydrogens is 176 g/mol. The Hall–Kier alpha value is -0.0800. The fourth-order valence-corrected chi connectivity index (χ4v) is 2.30. The second-order valence-corrected chi connectivity index (χ2v) is 4.94. The number of hydrogen-bond acceptors (Lipinski definition) is 2. The lowest BCUT2D eigenvalue weighted by atomic mass is 9.72. The maximum atomic E-state index is 10.4. The second-order valence-electron chi connectivity index (χ2n) is 4.94. The van der Waals surface area contributed by atoms with E-state index >= 15 is 0 Å². The normalized spacial score (nSPS) is 38.6. The van der Waals surface area contributed by atoms with E-state index in [1.807, 2.05) is 0 Å². The predicted molar refractivity (Wildman–Crippen MR) is 58.2 cm³/mol. The van der Waals surface area contributed by atoms with Gasteiger partial charge in [0.05, 0.1) is 12.2 Å². The van der Waals surface area contributed by atoms with E-state index in [0.717, 1.165) is 25.9 Å². The summed E-state index contributed by atoms with van der Waals surface area (Å²) < 4.78 is 5.49. The minimum absolute atomic E-state index is 0.385. The Morgan fingerprint density at radius 2 is 2.07 bits per heavy atom. The summed E-state index contributed by atoms with van der Waals surface area (Å²) in [6.45, 7) is 7.74. The van der Waals surface area contributed by atoms with Crippen molar-refractivity contribution in [3.63, 3.8) is 0 Å². The molecule has 3 atom stereocenters. The molecule has 1 aliphatic rings. The summed E-state index contributed by atoms with van der Waals surface area (Å²) in [5.74, 6) is 1.02. The minimum atomic E-state index is -0.563. The van der Waals surface area contributed by atoms with Crippen LogP contribution in [0, 0.1) is 11.8 Å². The first-order valence-electron chi connectivity index (χ1n) is 5.88. The summed E-state index contributed by atoms with van der Waals surface area (Å²) in [6, 6.07) is 0. The molecule has 2 nitrogen and oxygen atoms in total. The molecule has 1 fully saturated rings. The zero-order valence-electron chi connectivity index (χ0n) is 9.75. The van der Waals surface area contributed by atoms with Crippen LogP contribution < -0.4 is 0 Å². The van der Waals surface area contributed by atoms with Crippen LogP contribution in [0.3, 0.4) is 0 Å². The van der Waals surface area contributed by atoms with Crippen LogP contribution in [0.1, 0.15) is 46.5 Å². The van der Waals surface area contributed by atoms with Crippen LogP contribution in [-0.2, 0) is 4.74 Å². The van der Waals surface area contributed by atoms with Crippen molar-refractivity contribution >= 4 is 0 Å². The zero-order valence-corrected chi connectivity index (χ0v) is 9.75. The maximum Gasteiger partial charge on any atom is 0.0907 e. The highest BCUT2D eigenvalue weighted by Gasteiger charge is 2.38. The monoisotopic (exact) mass is 200 g/mol. The molecule has 0 aromatic carbocycles. The molecule has 0 saturated heterocycles. The number of ether oxygens (including phenoxy) is 1. The Kier molecular flexibility index (Phi) is 4.39. The van der Waals surface area contributed by atoms with Crippen LogP contribution in [0.2, 0.25) is 0 Å². The maximum absolute atomic E-state index is 10.4. The Bertz CT molecular complexity index is 170. The van der Waals surface area contributed by atoms with Gasteiger partial charge in [-0.05, 0) is 31.1 Å². The lowest BCUT2D eigenvalue weighted by Crippen LogP contribution is -2.45. The van der Waals surface area contributed by atoms with E-state index in [1.54, 1.807) is 0 Å². The highest BCUT2D eigenvalue weighted by atomic mass is 16.5. The SMILES string of the molecule is CCCOCC1(O)CC(C)CCC1C. The quantitative estimate of drug-likeness (QED) is 0.707. The fraction of sp³-hybridized carbons (Fsp3) is 1.00. The minimum Gasteiger partial charge on any atom is -0.387 e. The van der Waals surface area contributed by atoms with Crippen LogP contribution in [0.15, 0.2) is 0 Å². The van der Waals surface area contributed by atoms with Crippen LogP contribution in [-0.4, -0.2) is 23.9 Å². The van der Waals surface area contributed by atoms with Crippen molar-refractivity contribution < 1.29 is 9.84 Å². The molecular formula is C12H24O2. The average molecular weight is 200 g/mol. The molecule has 14 heavy (non-hydrogen) atoms. The van der Waals surface area contributed by atoms with Gasteiger partial charge in [-0.25, -0.2) is 0 Å². The largest absolute Gasteiger partial charge is 0.387 e. The van der Waals surface area contributed by atoms with Gasteiger partial charge in [0.1, 0.15) is 0 Å². The van der Waals surface area contributed by atoms with Crippen LogP contribution >= 0.6 is 0 Å². The van der Waals surface area contributed by atoms with Crippen molar-refractivity contribution in [1.29, 1.82) is 0 Å². The van der Waals surface area contributed by atoms with Crippen molar-refractivity contribution in [3.8, 4) is 0 Å². The van der Waals surface area contributed by atoms with Gasteiger partial charge in [-0.1, -0.05) is 27.2 Å². The first-order chi connectivity index (χ1) is 6.58. The molecule has 1 N–H and O–H groups in total. The molecule has 0 spiro atoms. The van der Waals surface area contributed by atoms with Crippen molar-refractivity contribution in [2.75, 3.05) is 13.2 Å². The van der Waals surface area contributed by atoms with Crippen LogP contribution in [0.4, 0.5) is 0 Å². The van der Waals surface area contributed by atoms with Gasteiger partial charge < -0.3 is 9.84 Å². The van der Waals surface area contributed by atoms with Gasteiger partial charge in [-0.2, -0.15) is 0 Å². The smallest absolute Gasteiger partial charge is 0.0907 e. The Balaban J connectivity index is 2.42. The molecule has 3 unspecified atom stereocenters. The number of hydrogen-bond donors (Lipinski definition) is 1. The lowest BCUT2D eigenvalue weighted by Gasteiger charge is -2.40. The molecule has 1 rings (SSSR count). The molecule has 0 bridgehead atoms. The van der Waals surface area contributed by atoms with Gasteiger partial charge >= 0.3 is 0 Å². The van der Waals surface area contributed by atoms with E-state index in [-0.39, 0.29) is 0 Å². The van der Waals surface area contributed by atoms with E-state index < -0.39 is 5.60 Å². The summed E-state index contributed by atoms with van der Waals surface area (Å²) in [4.78, 5) is 0. The van der Waals surface area contributed by atoms with E-state index in [0.29, 0.717) is 18.4 Å². The summed E-state index contributed by atoms with van der Waals surface area (Å²) in [6.07, 6.45) is 4.31. The van der Waals surface area contributed by atoms with Gasteiger partial charge in [0.25, 0.3) is 0 Å². The third kappa shape index (κ3) is 2.96. The van der Waals surface area contributed by atoms with E-state index in [9.17, 15) is 5.11 Å². The molecule has 0 amide bonds. The van der Waals surface area contributed by atoms with E-state index in [4.69, 9.17) is 4.74 Å². The average Bonchev–Trinajstić information content (AvgIpc) is 2.13. The lowest BCUT2D eigenvalue weighted by molar-refractivity contribution is -0.110. The van der Waals surface area contributed by atoms with Crippen molar-refractivity contribution in [3.05, 3.63) is 0 Å². The van der Waals surface area contributed by atoms with Crippen LogP contribution in [0.25, 0.3) is 0 Å². The molecule has 0 aromatic rings. The number of rotatable bonds is 4. The van der Waals surface area contributed by atoms with E-state index in [1.165, 1.54) is 6.42 Å². The zero-order chi connectivity index (χ0) is 10.6. The molecule has 1 aliphatic carbocycles. The van der Waals surface area contributed by atoms with Gasteiger partial charge in [0.2, 0.25) is 0 Å². The van der Waals surface area contributed by atoms with Gasteiger partial charge in [-0.15, -0.1) is 0 Å². The molecule has 2 heteroatoms. The molecule has 0 radical (unpaired) electrons. The first kappa shape index (κ1) is 12.0. The molecule has 0 heterocycles. The molecule has 0 aliphatic heterocycles. The van der Waals surface area contributed by atoms with Crippen molar-refractivity contribution in [1.82, 2.24) is 0 Å². The predicted octanol–water partition coefficient (Wildman–Crippen LogP) is 2.60.